The van der Waals surface area contributed by atoms with Crippen molar-refractivity contribution in [2.75, 3.05) is 7.11 Å². The van der Waals surface area contributed by atoms with Crippen LogP contribution in [0.25, 0.3) is 0 Å². The number of hydrogen-bond acceptors (Lipinski definition) is 5. The summed E-state index contributed by atoms with van der Waals surface area (Å²) in [6, 6.07) is 0. The maximum atomic E-state index is 10.9. The van der Waals surface area contributed by atoms with Gasteiger partial charge < -0.3 is 9.47 Å². The van der Waals surface area contributed by atoms with Crippen molar-refractivity contribution in [2.24, 2.45) is 0 Å². The maximum Gasteiger partial charge on any atom is 0.387 e. The van der Waals surface area contributed by atoms with Crippen LogP contribution in [0.15, 0.2) is 0 Å². The fourth-order valence-corrected chi connectivity index (χ4v) is 0.500. The number of Topliss-reactive ketones (excluding diaryl/α,β-unsaturated/α-hetero) is 1. The molecule has 5 heteroatoms. The van der Waals surface area contributed by atoms with Crippen LogP contribution in [0.2, 0.25) is 0 Å². The molecule has 13 heavy (non-hydrogen) atoms. The second-order valence-corrected chi connectivity index (χ2v) is 3.32. The molecule has 0 aliphatic carbocycles. The summed E-state index contributed by atoms with van der Waals surface area (Å²) >= 11 is 0. The molecular weight excluding hydrogens is 176 g/mol. The summed E-state index contributed by atoms with van der Waals surface area (Å²) in [6.45, 7) is 4.78. The molecule has 0 spiro atoms. The SMILES string of the molecule is COC(=O)C(=O)C(=O)OC(C)(C)C. The molecule has 0 saturated carbocycles. The third-order valence-corrected chi connectivity index (χ3v) is 0.955. The minimum Gasteiger partial charge on any atom is -0.463 e. The topological polar surface area (TPSA) is 69.7 Å². The number of carbonyl (C=O) groups is 3. The number of rotatable bonds is 2. The highest BCUT2D eigenvalue weighted by atomic mass is 16.6. The van der Waals surface area contributed by atoms with Gasteiger partial charge in [-0.1, -0.05) is 0 Å². The summed E-state index contributed by atoms with van der Waals surface area (Å²) in [5.41, 5.74) is -0.791. The van der Waals surface area contributed by atoms with Crippen molar-refractivity contribution in [3.05, 3.63) is 0 Å². The molecule has 0 fully saturated rings. The number of carbonyl (C=O) groups excluding carboxylic acids is 3. The molecule has 0 aromatic heterocycles. The van der Waals surface area contributed by atoms with Gasteiger partial charge in [0.05, 0.1) is 7.11 Å². The van der Waals surface area contributed by atoms with Gasteiger partial charge in [-0.2, -0.15) is 0 Å². The van der Waals surface area contributed by atoms with Gasteiger partial charge in [0.25, 0.3) is 0 Å². The van der Waals surface area contributed by atoms with Gasteiger partial charge in [0.2, 0.25) is 0 Å². The standard InChI is InChI=1S/C8H12O5/c1-8(2,3)13-7(11)5(9)6(10)12-4/h1-4H3. The molecule has 0 aliphatic rings. The van der Waals surface area contributed by atoms with Crippen LogP contribution in [0.5, 0.6) is 0 Å². The molecule has 0 aliphatic heterocycles. The predicted molar refractivity (Wildman–Crippen MR) is 42.9 cm³/mol. The van der Waals surface area contributed by atoms with Crippen molar-refractivity contribution in [3.8, 4) is 0 Å². The third kappa shape index (κ3) is 4.25. The zero-order valence-electron chi connectivity index (χ0n) is 8.04. The Kier molecular flexibility index (Phi) is 3.59. The van der Waals surface area contributed by atoms with Crippen molar-refractivity contribution < 1.29 is 23.9 Å². The predicted octanol–water partition coefficient (Wildman–Crippen LogP) is 0.0702. The maximum absolute atomic E-state index is 10.9. The van der Waals surface area contributed by atoms with E-state index in [1.165, 1.54) is 0 Å². The fraction of sp³-hybridized carbons (Fsp3) is 0.625. The Hall–Kier alpha value is -1.39. The van der Waals surface area contributed by atoms with Gasteiger partial charge in [0.15, 0.2) is 0 Å². The van der Waals surface area contributed by atoms with Gasteiger partial charge in [0, 0.05) is 0 Å². The Balaban J connectivity index is 4.30. The zero-order chi connectivity index (χ0) is 10.6. The Labute approximate surface area is 76.0 Å². The largest absolute Gasteiger partial charge is 0.463 e. The summed E-state index contributed by atoms with van der Waals surface area (Å²) in [4.78, 5) is 32.3. The highest BCUT2D eigenvalue weighted by molar-refractivity contribution is 6.60. The molecule has 0 heterocycles. The van der Waals surface area contributed by atoms with E-state index in [9.17, 15) is 14.4 Å². The first-order chi connectivity index (χ1) is 5.78. The second kappa shape index (κ2) is 4.02. The second-order valence-electron chi connectivity index (χ2n) is 3.32. The van der Waals surface area contributed by atoms with E-state index in [4.69, 9.17) is 0 Å². The summed E-state index contributed by atoms with van der Waals surface area (Å²) < 4.78 is 8.69. The van der Waals surface area contributed by atoms with Crippen LogP contribution in [0.4, 0.5) is 0 Å². The quantitative estimate of drug-likeness (QED) is 0.348. The summed E-state index contributed by atoms with van der Waals surface area (Å²) in [5.74, 6) is -3.70. The average molecular weight is 188 g/mol. The van der Waals surface area contributed by atoms with Crippen LogP contribution in [-0.2, 0) is 23.9 Å². The molecule has 0 saturated heterocycles. The van der Waals surface area contributed by atoms with Crippen molar-refractivity contribution >= 4 is 17.7 Å². The monoisotopic (exact) mass is 188 g/mol. The molecule has 74 valence electrons. The van der Waals surface area contributed by atoms with Crippen molar-refractivity contribution in [1.29, 1.82) is 0 Å². The molecule has 0 bridgehead atoms. The van der Waals surface area contributed by atoms with Crippen molar-refractivity contribution in [2.45, 2.75) is 26.4 Å². The smallest absolute Gasteiger partial charge is 0.387 e. The molecule has 0 rings (SSSR count). The van der Waals surface area contributed by atoms with Gasteiger partial charge in [0.1, 0.15) is 5.60 Å². The van der Waals surface area contributed by atoms with Gasteiger partial charge in [-0.05, 0) is 20.8 Å². The minimum atomic E-state index is -1.29. The molecule has 0 amide bonds. The lowest BCUT2D eigenvalue weighted by molar-refractivity contribution is -0.168. The highest BCUT2D eigenvalue weighted by Gasteiger charge is 2.29. The number of methoxy groups -OCH3 is 1. The van der Waals surface area contributed by atoms with E-state index < -0.39 is 23.3 Å². The van der Waals surface area contributed by atoms with Crippen molar-refractivity contribution in [3.63, 3.8) is 0 Å². The number of esters is 2. The molecule has 0 N–H and O–H groups in total. The minimum absolute atomic E-state index is 0.791. The molecule has 0 atom stereocenters. The first-order valence-corrected chi connectivity index (χ1v) is 3.63. The third-order valence-electron chi connectivity index (χ3n) is 0.955. The molecular formula is C8H12O5. The van der Waals surface area contributed by atoms with E-state index >= 15 is 0 Å². The summed E-state index contributed by atoms with van der Waals surface area (Å²) in [7, 11) is 1.02. The van der Waals surface area contributed by atoms with E-state index in [-0.39, 0.29) is 0 Å². The fourth-order valence-electron chi connectivity index (χ4n) is 0.500. The first-order valence-electron chi connectivity index (χ1n) is 3.63. The van der Waals surface area contributed by atoms with Crippen LogP contribution in [0.1, 0.15) is 20.8 Å². The van der Waals surface area contributed by atoms with E-state index in [1.54, 1.807) is 20.8 Å². The Morgan fingerprint density at radius 1 is 1.00 bits per heavy atom. The normalized spacial score (nSPS) is 10.5. The number of ether oxygens (including phenoxy) is 2. The summed E-state index contributed by atoms with van der Waals surface area (Å²) in [6.07, 6.45) is 0. The number of ketones is 1. The molecule has 0 aromatic rings. The Morgan fingerprint density at radius 3 is 1.77 bits per heavy atom. The van der Waals surface area contributed by atoms with E-state index in [0.29, 0.717) is 0 Å². The molecule has 0 radical (unpaired) electrons. The van der Waals surface area contributed by atoms with Crippen LogP contribution in [0.3, 0.4) is 0 Å². The zero-order valence-corrected chi connectivity index (χ0v) is 8.04. The van der Waals surface area contributed by atoms with Crippen LogP contribution >= 0.6 is 0 Å². The highest BCUT2D eigenvalue weighted by Crippen LogP contribution is 2.07. The summed E-state index contributed by atoms with van der Waals surface area (Å²) in [5, 5.41) is 0. The van der Waals surface area contributed by atoms with Crippen molar-refractivity contribution in [1.82, 2.24) is 0 Å². The van der Waals surface area contributed by atoms with Gasteiger partial charge in [-0.15, -0.1) is 0 Å². The van der Waals surface area contributed by atoms with Gasteiger partial charge in [-0.3, -0.25) is 4.79 Å². The lowest BCUT2D eigenvalue weighted by atomic mass is 10.2. The molecule has 0 aromatic carbocycles. The van der Waals surface area contributed by atoms with Crippen LogP contribution in [-0.4, -0.2) is 30.4 Å². The van der Waals surface area contributed by atoms with Crippen LogP contribution in [0, 0.1) is 0 Å². The number of hydrogen-bond donors (Lipinski definition) is 0. The molecule has 5 nitrogen and oxygen atoms in total. The van der Waals surface area contributed by atoms with Crippen LogP contribution < -0.4 is 0 Å². The van der Waals surface area contributed by atoms with Gasteiger partial charge >= 0.3 is 17.7 Å². The lowest BCUT2D eigenvalue weighted by Crippen LogP contribution is -2.33. The van der Waals surface area contributed by atoms with E-state index in [1.807, 2.05) is 0 Å². The van der Waals surface area contributed by atoms with E-state index in [0.717, 1.165) is 7.11 Å². The molecule has 0 unspecified atom stereocenters. The lowest BCUT2D eigenvalue weighted by Gasteiger charge is -2.18. The van der Waals surface area contributed by atoms with Gasteiger partial charge in [-0.25, -0.2) is 9.59 Å². The average Bonchev–Trinajstić information content (AvgIpc) is 1.98. The van der Waals surface area contributed by atoms with E-state index in [2.05, 4.69) is 9.47 Å². The Bertz CT molecular complexity index is 235. The first kappa shape index (κ1) is 11.6. The Morgan fingerprint density at radius 2 is 1.46 bits per heavy atom.